The minimum atomic E-state index is -0.127. The van der Waals surface area contributed by atoms with Gasteiger partial charge in [0.15, 0.2) is 0 Å². The van der Waals surface area contributed by atoms with E-state index in [1.165, 1.54) is 19.2 Å². The van der Waals surface area contributed by atoms with Gasteiger partial charge in [-0.15, -0.1) is 0 Å². The average molecular weight is 414 g/mol. The molecule has 5 nitrogen and oxygen atoms in total. The molecule has 1 saturated carbocycles. The lowest BCUT2D eigenvalue weighted by molar-refractivity contribution is 0.131. The summed E-state index contributed by atoms with van der Waals surface area (Å²) < 4.78 is 16.3. The second kappa shape index (κ2) is 7.92. The molecule has 152 valence electrons. The van der Waals surface area contributed by atoms with E-state index in [4.69, 9.17) is 11.6 Å². The summed E-state index contributed by atoms with van der Waals surface area (Å²) in [6, 6.07) is 10.2. The van der Waals surface area contributed by atoms with E-state index in [1.54, 1.807) is 6.07 Å². The minimum Gasteiger partial charge on any atom is -0.354 e. The van der Waals surface area contributed by atoms with Crippen molar-refractivity contribution in [3.63, 3.8) is 0 Å². The third kappa shape index (κ3) is 3.71. The van der Waals surface area contributed by atoms with Crippen LogP contribution in [0.2, 0.25) is 5.15 Å². The summed E-state index contributed by atoms with van der Waals surface area (Å²) in [5.74, 6) is 0.790. The van der Waals surface area contributed by atoms with Crippen molar-refractivity contribution < 1.29 is 4.39 Å². The lowest BCUT2D eigenvalue weighted by Crippen LogP contribution is -2.51. The van der Waals surface area contributed by atoms with Crippen LogP contribution in [0.25, 0.3) is 10.9 Å². The van der Waals surface area contributed by atoms with Crippen LogP contribution in [0.15, 0.2) is 42.9 Å². The van der Waals surface area contributed by atoms with E-state index in [0.29, 0.717) is 17.2 Å². The SMILES string of the molecule is Fc1cccc2c1ccn2C1CCC(N2CCN(c3cc(Cl)ncn3)CC2)CC1. The molecule has 0 spiro atoms. The second-order valence-electron chi connectivity index (χ2n) is 8.08. The van der Waals surface area contributed by atoms with Gasteiger partial charge in [-0.2, -0.15) is 0 Å². The van der Waals surface area contributed by atoms with Crippen LogP contribution in [0, 0.1) is 5.82 Å². The van der Waals surface area contributed by atoms with Gasteiger partial charge < -0.3 is 9.47 Å². The van der Waals surface area contributed by atoms with Crippen LogP contribution < -0.4 is 4.90 Å². The molecule has 0 atom stereocenters. The number of rotatable bonds is 3. The highest BCUT2D eigenvalue weighted by atomic mass is 35.5. The van der Waals surface area contributed by atoms with Crippen LogP contribution in [0.1, 0.15) is 31.7 Å². The van der Waals surface area contributed by atoms with Gasteiger partial charge in [-0.3, -0.25) is 4.90 Å². The summed E-state index contributed by atoms with van der Waals surface area (Å²) in [6.07, 6.45) is 8.27. The first-order valence-corrected chi connectivity index (χ1v) is 10.8. The molecule has 5 rings (SSSR count). The average Bonchev–Trinajstić information content (AvgIpc) is 3.20. The van der Waals surface area contributed by atoms with Crippen LogP contribution >= 0.6 is 11.6 Å². The molecule has 0 amide bonds. The zero-order chi connectivity index (χ0) is 19.8. The van der Waals surface area contributed by atoms with Gasteiger partial charge in [-0.25, -0.2) is 14.4 Å². The van der Waals surface area contributed by atoms with Crippen LogP contribution in [-0.2, 0) is 0 Å². The summed E-state index contributed by atoms with van der Waals surface area (Å²) in [6.45, 7) is 4.03. The normalized spacial score (nSPS) is 23.6. The monoisotopic (exact) mass is 413 g/mol. The Morgan fingerprint density at radius 3 is 2.45 bits per heavy atom. The molecule has 7 heteroatoms. The molecule has 2 fully saturated rings. The van der Waals surface area contributed by atoms with E-state index in [-0.39, 0.29) is 5.82 Å². The van der Waals surface area contributed by atoms with Crippen LogP contribution in [0.5, 0.6) is 0 Å². The first-order valence-electron chi connectivity index (χ1n) is 10.4. The van der Waals surface area contributed by atoms with Crippen LogP contribution in [-0.4, -0.2) is 51.7 Å². The third-order valence-corrected chi connectivity index (χ3v) is 6.75. The smallest absolute Gasteiger partial charge is 0.134 e. The number of nitrogens with zero attached hydrogens (tertiary/aromatic N) is 5. The van der Waals surface area contributed by atoms with Gasteiger partial charge in [0.25, 0.3) is 0 Å². The van der Waals surface area contributed by atoms with Crippen LogP contribution in [0.4, 0.5) is 10.2 Å². The molecule has 2 aliphatic rings. The summed E-state index contributed by atoms with van der Waals surface area (Å²) >= 11 is 6.00. The zero-order valence-corrected chi connectivity index (χ0v) is 17.1. The highest BCUT2D eigenvalue weighted by molar-refractivity contribution is 6.29. The zero-order valence-electron chi connectivity index (χ0n) is 16.3. The summed E-state index contributed by atoms with van der Waals surface area (Å²) in [5.41, 5.74) is 1.02. The molecule has 1 saturated heterocycles. The van der Waals surface area contributed by atoms with Crippen LogP contribution in [0.3, 0.4) is 0 Å². The molecule has 0 radical (unpaired) electrons. The number of piperazine rings is 1. The standard InChI is InChI=1S/C22H25ClFN5/c23-21-14-22(26-15-25-21)28-12-10-27(11-13-28)16-4-6-17(7-5-16)29-9-8-18-19(24)2-1-3-20(18)29/h1-3,8-9,14-17H,4-7,10-13H2. The third-order valence-electron chi connectivity index (χ3n) is 6.54. The van der Waals surface area contributed by atoms with E-state index in [2.05, 4.69) is 30.5 Å². The van der Waals surface area contributed by atoms with Crippen molar-refractivity contribution in [1.29, 1.82) is 0 Å². The fourth-order valence-corrected chi connectivity index (χ4v) is 5.13. The summed E-state index contributed by atoms with van der Waals surface area (Å²) in [5, 5.41) is 1.23. The fraction of sp³-hybridized carbons (Fsp3) is 0.455. The maximum atomic E-state index is 14.0. The molecular weight excluding hydrogens is 389 g/mol. The van der Waals surface area contributed by atoms with E-state index in [1.807, 2.05) is 24.3 Å². The summed E-state index contributed by atoms with van der Waals surface area (Å²) in [7, 11) is 0. The largest absolute Gasteiger partial charge is 0.354 e. The molecule has 2 aromatic heterocycles. The highest BCUT2D eigenvalue weighted by Gasteiger charge is 2.29. The Morgan fingerprint density at radius 2 is 1.69 bits per heavy atom. The predicted molar refractivity (Wildman–Crippen MR) is 114 cm³/mol. The molecule has 1 aromatic carbocycles. The molecular formula is C22H25ClFN5. The van der Waals surface area contributed by atoms with Gasteiger partial charge in [0.1, 0.15) is 23.1 Å². The maximum absolute atomic E-state index is 14.0. The van der Waals surface area contributed by atoms with Crippen molar-refractivity contribution >= 4 is 28.3 Å². The lowest BCUT2D eigenvalue weighted by atomic mass is 9.89. The molecule has 1 aliphatic heterocycles. The second-order valence-corrected chi connectivity index (χ2v) is 8.47. The van der Waals surface area contributed by atoms with Gasteiger partial charge in [0, 0.05) is 55.9 Å². The molecule has 0 unspecified atom stereocenters. The molecule has 3 heterocycles. The van der Waals surface area contributed by atoms with Crippen molar-refractivity contribution in [2.24, 2.45) is 0 Å². The van der Waals surface area contributed by atoms with E-state index in [9.17, 15) is 4.39 Å². The number of fused-ring (bicyclic) bond motifs is 1. The Balaban J connectivity index is 1.19. The fourth-order valence-electron chi connectivity index (χ4n) is 4.98. The Morgan fingerprint density at radius 1 is 0.931 bits per heavy atom. The Bertz CT molecular complexity index is 990. The number of halogens is 2. The number of benzene rings is 1. The predicted octanol–water partition coefficient (Wildman–Crippen LogP) is 4.53. The van der Waals surface area contributed by atoms with Crippen molar-refractivity contribution in [3.05, 3.63) is 53.8 Å². The van der Waals surface area contributed by atoms with E-state index >= 15 is 0 Å². The van der Waals surface area contributed by atoms with Gasteiger partial charge in [0.2, 0.25) is 0 Å². The maximum Gasteiger partial charge on any atom is 0.134 e. The number of aromatic nitrogens is 3. The minimum absolute atomic E-state index is 0.127. The Hall–Kier alpha value is -2.18. The van der Waals surface area contributed by atoms with Crippen molar-refractivity contribution in [1.82, 2.24) is 19.4 Å². The summed E-state index contributed by atoms with van der Waals surface area (Å²) in [4.78, 5) is 13.2. The highest BCUT2D eigenvalue weighted by Crippen LogP contribution is 2.34. The van der Waals surface area contributed by atoms with Gasteiger partial charge >= 0.3 is 0 Å². The lowest BCUT2D eigenvalue weighted by Gasteiger charge is -2.42. The molecule has 29 heavy (non-hydrogen) atoms. The first-order chi connectivity index (χ1) is 14.2. The Labute approximate surface area is 175 Å². The molecule has 0 bridgehead atoms. The topological polar surface area (TPSA) is 37.2 Å². The number of hydrogen-bond acceptors (Lipinski definition) is 4. The van der Waals surface area contributed by atoms with E-state index in [0.717, 1.165) is 55.7 Å². The van der Waals surface area contributed by atoms with Crippen molar-refractivity contribution in [2.75, 3.05) is 31.1 Å². The molecule has 1 aliphatic carbocycles. The molecule has 0 N–H and O–H groups in total. The number of anilines is 1. The van der Waals surface area contributed by atoms with Gasteiger partial charge in [0.05, 0.1) is 5.52 Å². The first kappa shape index (κ1) is 18.8. The molecule has 3 aromatic rings. The number of hydrogen-bond donors (Lipinski definition) is 0. The quantitative estimate of drug-likeness (QED) is 0.591. The Kier molecular flexibility index (Phi) is 5.14. The van der Waals surface area contributed by atoms with Crippen molar-refractivity contribution in [3.8, 4) is 0 Å². The van der Waals surface area contributed by atoms with Gasteiger partial charge in [-0.1, -0.05) is 17.7 Å². The van der Waals surface area contributed by atoms with Crippen molar-refractivity contribution in [2.45, 2.75) is 37.8 Å². The van der Waals surface area contributed by atoms with E-state index < -0.39 is 0 Å². The van der Waals surface area contributed by atoms with Gasteiger partial charge in [-0.05, 0) is 43.9 Å².